The zero-order valence-corrected chi connectivity index (χ0v) is 40.7. The van der Waals surface area contributed by atoms with E-state index >= 15 is 0 Å². The standard InChI is InChI=1S/C49H60ClN15O7/c1-3-35(66)56-31-19-33(41(70)39(31)68)64-25-53-38-44(58-47(50)60-45(38)64)54-28-16-18-63(23-28)49(72)55-29-15-17-62(22-29)48-59-43(51-21-30(26-11-7-5-8-12-26)27-13-9-6-10-14-27)37-46(61-48)65(24-52-37)34-20-32(40(69)42(34)71)57-36(67)4-2/h5-14,24-25,28-34,39-42,68-71H,3-4,15-23H2,1-2H3,(H,55,72)(H,56,66)(H,57,67)(H,51,59,61)(H,54,58,60)/t28-,29-,31+,32+,33-,34-,39-,40-,41+,42+/m1/s1. The molecule has 380 valence electrons. The van der Waals surface area contributed by atoms with Gasteiger partial charge in [0, 0.05) is 63.6 Å². The van der Waals surface area contributed by atoms with Gasteiger partial charge in [-0.3, -0.25) is 9.59 Å². The first-order chi connectivity index (χ1) is 34.9. The van der Waals surface area contributed by atoms with E-state index in [2.05, 4.69) is 65.8 Å². The highest BCUT2D eigenvalue weighted by molar-refractivity contribution is 6.28. The Labute approximate surface area is 419 Å². The van der Waals surface area contributed by atoms with Crippen LogP contribution in [0, 0.1) is 0 Å². The Balaban J connectivity index is 0.836. The van der Waals surface area contributed by atoms with Crippen LogP contribution < -0.4 is 31.5 Å². The summed E-state index contributed by atoms with van der Waals surface area (Å²) < 4.78 is 3.41. The number of hydrogen-bond acceptors (Lipinski definition) is 16. The van der Waals surface area contributed by atoms with Gasteiger partial charge in [-0.05, 0) is 48.4 Å². The Hall–Kier alpha value is -6.72. The minimum atomic E-state index is -1.20. The van der Waals surface area contributed by atoms with Crippen LogP contribution in [-0.2, 0) is 9.59 Å². The molecule has 4 aromatic heterocycles. The fourth-order valence-corrected chi connectivity index (χ4v) is 10.9. The van der Waals surface area contributed by atoms with Crippen molar-refractivity contribution in [1.29, 1.82) is 0 Å². The lowest BCUT2D eigenvalue weighted by Crippen LogP contribution is -2.45. The predicted molar refractivity (Wildman–Crippen MR) is 267 cm³/mol. The topological polar surface area (TPSA) is 286 Å². The first kappa shape index (κ1) is 48.9. The SMILES string of the molecule is CCC(=O)N[C@H]1C[C@@H](n2cnc3c(NCC(c4ccccc4)c4ccccc4)nc(N4CC[C@@H](NC(=O)N5CC[C@@H](Nc6nc(Cl)nc7c6ncn7[C@@H]6C[C@H](NC(=O)CC)[C@@H](O)[C@H]6O)C5)C4)nc32)[C@H](O)[C@@H]1O. The van der Waals surface area contributed by atoms with Crippen molar-refractivity contribution in [3.8, 4) is 0 Å². The van der Waals surface area contributed by atoms with Crippen LogP contribution in [0.4, 0.5) is 22.4 Å². The molecule has 0 radical (unpaired) electrons. The second-order valence-corrected chi connectivity index (χ2v) is 19.5. The summed E-state index contributed by atoms with van der Waals surface area (Å²) in [4.78, 5) is 70.4. The summed E-state index contributed by atoms with van der Waals surface area (Å²) >= 11 is 6.44. The fourth-order valence-electron chi connectivity index (χ4n) is 10.7. The number of rotatable bonds is 15. The number of carbonyl (C=O) groups is 3. The number of likely N-dealkylation sites (tertiary alicyclic amines) is 1. The number of fused-ring (bicyclic) bond motifs is 2. The van der Waals surface area contributed by atoms with E-state index in [0.29, 0.717) is 85.5 Å². The molecule has 10 atom stereocenters. The van der Waals surface area contributed by atoms with Crippen LogP contribution in [0.15, 0.2) is 73.3 Å². The lowest BCUT2D eigenvalue weighted by atomic mass is 9.91. The average Bonchev–Trinajstić information content (AvgIpc) is 4.28. The average molecular weight is 1010 g/mol. The van der Waals surface area contributed by atoms with Gasteiger partial charge in [-0.25, -0.2) is 14.8 Å². The number of halogens is 1. The quantitative estimate of drug-likeness (QED) is 0.0668. The lowest BCUT2D eigenvalue weighted by Gasteiger charge is -2.23. The van der Waals surface area contributed by atoms with E-state index in [1.54, 1.807) is 34.2 Å². The number of amides is 4. The fraction of sp³-hybridized carbons (Fsp3) is 0.490. The molecule has 2 aromatic carbocycles. The molecule has 23 heteroatoms. The lowest BCUT2D eigenvalue weighted by molar-refractivity contribution is -0.123. The van der Waals surface area contributed by atoms with Crippen molar-refractivity contribution >= 4 is 69.4 Å². The van der Waals surface area contributed by atoms with E-state index in [1.165, 1.54) is 6.33 Å². The van der Waals surface area contributed by atoms with Crippen LogP contribution in [0.5, 0.6) is 0 Å². The molecule has 4 fully saturated rings. The summed E-state index contributed by atoms with van der Waals surface area (Å²) in [6, 6.07) is 17.2. The normalized spacial score (nSPS) is 26.2. The van der Waals surface area contributed by atoms with Gasteiger partial charge < -0.3 is 65.9 Å². The summed E-state index contributed by atoms with van der Waals surface area (Å²) in [6.45, 7) is 5.74. The molecule has 2 aliphatic heterocycles. The number of hydrogen-bond donors (Lipinski definition) is 9. The van der Waals surface area contributed by atoms with Crippen LogP contribution in [0.1, 0.15) is 81.5 Å². The van der Waals surface area contributed by atoms with Gasteiger partial charge in [0.1, 0.15) is 24.4 Å². The number of benzene rings is 2. The number of aliphatic hydroxyl groups is 4. The van der Waals surface area contributed by atoms with Crippen molar-refractivity contribution < 1.29 is 34.8 Å². The molecule has 0 spiro atoms. The molecule has 2 saturated heterocycles. The van der Waals surface area contributed by atoms with Crippen LogP contribution in [0.2, 0.25) is 5.28 Å². The van der Waals surface area contributed by atoms with Crippen LogP contribution in [0.3, 0.4) is 0 Å². The van der Waals surface area contributed by atoms with Gasteiger partial charge >= 0.3 is 6.03 Å². The highest BCUT2D eigenvalue weighted by atomic mass is 35.5. The second kappa shape index (κ2) is 20.8. The van der Waals surface area contributed by atoms with Crippen molar-refractivity contribution in [1.82, 2.24) is 59.9 Å². The molecule has 6 aromatic rings. The van der Waals surface area contributed by atoms with Gasteiger partial charge in [0.05, 0.1) is 36.8 Å². The van der Waals surface area contributed by atoms with Gasteiger partial charge in [0.2, 0.25) is 23.0 Å². The minimum Gasteiger partial charge on any atom is -0.388 e. The molecule has 6 heterocycles. The molecule has 2 saturated carbocycles. The van der Waals surface area contributed by atoms with Crippen molar-refractivity contribution in [2.75, 3.05) is 48.3 Å². The smallest absolute Gasteiger partial charge is 0.317 e. The number of nitrogens with zero attached hydrogens (tertiary/aromatic N) is 10. The Bertz CT molecular complexity index is 2870. The van der Waals surface area contributed by atoms with E-state index in [-0.39, 0.29) is 66.8 Å². The molecule has 4 amide bonds. The number of nitrogens with one attached hydrogen (secondary N) is 5. The Morgan fingerprint density at radius 3 is 1.81 bits per heavy atom. The number of imidazole rings is 2. The maximum atomic E-state index is 13.9. The number of aromatic nitrogens is 8. The van der Waals surface area contributed by atoms with Crippen molar-refractivity contribution in [2.24, 2.45) is 0 Å². The third kappa shape index (κ3) is 9.80. The molecular weight excluding hydrogens is 946 g/mol. The van der Waals surface area contributed by atoms with E-state index in [1.807, 2.05) is 41.3 Å². The van der Waals surface area contributed by atoms with Crippen LogP contribution in [0.25, 0.3) is 22.3 Å². The van der Waals surface area contributed by atoms with Crippen molar-refractivity contribution in [2.45, 2.75) is 119 Å². The minimum absolute atomic E-state index is 0.0356. The summed E-state index contributed by atoms with van der Waals surface area (Å²) in [5.41, 5.74) is 3.95. The summed E-state index contributed by atoms with van der Waals surface area (Å²) in [5.74, 6) is 0.788. The van der Waals surface area contributed by atoms with Crippen molar-refractivity contribution in [3.63, 3.8) is 0 Å². The zero-order valence-electron chi connectivity index (χ0n) is 39.9. The van der Waals surface area contributed by atoms with Crippen LogP contribution >= 0.6 is 11.6 Å². The first-order valence-corrected chi connectivity index (χ1v) is 25.1. The molecular formula is C49H60ClN15O7. The Morgan fingerprint density at radius 2 is 1.22 bits per heavy atom. The highest BCUT2D eigenvalue weighted by Crippen LogP contribution is 2.37. The van der Waals surface area contributed by atoms with E-state index < -0.39 is 48.6 Å². The molecule has 0 bridgehead atoms. The summed E-state index contributed by atoms with van der Waals surface area (Å²) in [7, 11) is 0. The van der Waals surface area contributed by atoms with Gasteiger partial charge in [-0.2, -0.15) is 19.9 Å². The summed E-state index contributed by atoms with van der Waals surface area (Å²) in [6.07, 6.45) is 0.603. The largest absolute Gasteiger partial charge is 0.388 e. The molecule has 0 unspecified atom stereocenters. The second-order valence-electron chi connectivity index (χ2n) is 19.2. The maximum Gasteiger partial charge on any atom is 0.317 e. The van der Waals surface area contributed by atoms with E-state index in [4.69, 9.17) is 26.6 Å². The maximum absolute atomic E-state index is 13.9. The summed E-state index contributed by atoms with van der Waals surface area (Å²) in [5, 5.41) is 59.9. The first-order valence-electron chi connectivity index (χ1n) is 24.7. The number of aliphatic hydroxyl groups excluding tert-OH is 4. The van der Waals surface area contributed by atoms with E-state index in [9.17, 15) is 34.8 Å². The molecule has 72 heavy (non-hydrogen) atoms. The van der Waals surface area contributed by atoms with Gasteiger partial charge in [-0.1, -0.05) is 74.5 Å². The highest BCUT2D eigenvalue weighted by Gasteiger charge is 2.45. The van der Waals surface area contributed by atoms with Crippen molar-refractivity contribution in [3.05, 3.63) is 89.7 Å². The number of carbonyl (C=O) groups excluding carboxylic acids is 3. The third-order valence-electron chi connectivity index (χ3n) is 14.6. The number of urea groups is 1. The van der Waals surface area contributed by atoms with E-state index in [0.717, 1.165) is 11.1 Å². The molecule has 4 aliphatic rings. The molecule has 9 N–H and O–H groups in total. The Morgan fingerprint density at radius 1 is 0.667 bits per heavy atom. The molecule has 22 nitrogen and oxygen atoms in total. The van der Waals surface area contributed by atoms with Gasteiger partial charge in [0.15, 0.2) is 34.0 Å². The predicted octanol–water partition coefficient (Wildman–Crippen LogP) is 2.46. The zero-order chi connectivity index (χ0) is 50.2. The molecule has 10 rings (SSSR count). The number of anilines is 3. The van der Waals surface area contributed by atoms with Gasteiger partial charge in [-0.15, -0.1) is 0 Å². The monoisotopic (exact) mass is 1010 g/mol. The Kier molecular flexibility index (Phi) is 14.1. The van der Waals surface area contributed by atoms with Gasteiger partial charge in [0.25, 0.3) is 0 Å². The third-order valence-corrected chi connectivity index (χ3v) is 14.8. The van der Waals surface area contributed by atoms with Crippen LogP contribution in [-0.4, -0.2) is 164 Å². The molecule has 2 aliphatic carbocycles.